The number of imidazole rings is 1. The van der Waals surface area contributed by atoms with Crippen LogP contribution in [-0.2, 0) is 0 Å². The topological polar surface area (TPSA) is 20.5 Å². The van der Waals surface area contributed by atoms with Gasteiger partial charge in [0.25, 0.3) is 0 Å². The lowest BCUT2D eigenvalue weighted by Gasteiger charge is -2.17. The highest BCUT2D eigenvalue weighted by Gasteiger charge is 2.12. The Kier molecular flexibility index (Phi) is 10.7. The monoisotopic (exact) mass is 379 g/mol. The van der Waals surface area contributed by atoms with Gasteiger partial charge in [-0.1, -0.05) is 52.0 Å². The number of aromatic nitrogens is 2. The van der Waals surface area contributed by atoms with E-state index in [-0.39, 0.29) is 0 Å². The third-order valence-corrected chi connectivity index (χ3v) is 4.31. The maximum Gasteiger partial charge on any atom is 0.140 e. The van der Waals surface area contributed by atoms with Gasteiger partial charge in [-0.3, -0.25) is 0 Å². The largest absolute Gasteiger partial charge is 0.372 e. The van der Waals surface area contributed by atoms with Crippen LogP contribution >= 0.6 is 0 Å². The van der Waals surface area contributed by atoms with Gasteiger partial charge in [0.05, 0.1) is 5.69 Å². The number of hydrogen-bond donors (Lipinski definition) is 0. The van der Waals surface area contributed by atoms with Gasteiger partial charge in [-0.15, -0.1) is 6.58 Å². The predicted octanol–water partition coefficient (Wildman–Crippen LogP) is 7.15. The molecule has 3 heteroatoms. The molecule has 0 amide bonds. The first-order valence-corrected chi connectivity index (χ1v) is 10.6. The number of nitrogens with zero attached hydrogens (tertiary/aromatic N) is 3. The standard InChI is InChI=1S/C18H19N3.C3H6.2C2H6/c1-14-5-4-12-21-13-17(19-18(14)21)15-6-8-16(9-7-15)20-10-2-3-11-20;1-3-2;2*1-2/h4-9,12-13H,2-3,10-11H2,1H3;3H,1H2,2H3;2*1-2H3. The van der Waals surface area contributed by atoms with Crippen LogP contribution in [0.25, 0.3) is 16.9 Å². The average Bonchev–Trinajstić information content (AvgIpc) is 3.43. The van der Waals surface area contributed by atoms with Crippen LogP contribution < -0.4 is 4.90 Å². The Morgan fingerprint density at radius 1 is 0.964 bits per heavy atom. The van der Waals surface area contributed by atoms with Crippen molar-refractivity contribution in [1.82, 2.24) is 9.38 Å². The molecule has 0 aliphatic carbocycles. The van der Waals surface area contributed by atoms with Crippen LogP contribution in [-0.4, -0.2) is 22.5 Å². The number of fused-ring (bicyclic) bond motifs is 1. The van der Waals surface area contributed by atoms with Crippen LogP contribution in [0.3, 0.4) is 0 Å². The molecule has 3 heterocycles. The molecular weight excluding hydrogens is 342 g/mol. The summed E-state index contributed by atoms with van der Waals surface area (Å²) in [6.07, 6.45) is 8.53. The number of allylic oxidation sites excluding steroid dienone is 1. The SMILES string of the molecule is C=CC.CC.CC.Cc1cccn2cc(-c3ccc(N4CCCC4)cc3)nc12. The highest BCUT2D eigenvalue weighted by atomic mass is 15.1. The summed E-state index contributed by atoms with van der Waals surface area (Å²) < 4.78 is 2.10. The number of benzene rings is 1. The Bertz CT molecular complexity index is 809. The molecule has 1 aliphatic heterocycles. The number of aryl methyl sites for hydroxylation is 1. The van der Waals surface area contributed by atoms with E-state index < -0.39 is 0 Å². The Morgan fingerprint density at radius 2 is 1.54 bits per heavy atom. The summed E-state index contributed by atoms with van der Waals surface area (Å²) >= 11 is 0. The molecule has 1 fully saturated rings. The summed E-state index contributed by atoms with van der Waals surface area (Å²) in [5.41, 5.74) is 5.79. The number of anilines is 1. The minimum Gasteiger partial charge on any atom is -0.372 e. The second-order valence-corrected chi connectivity index (χ2v) is 6.20. The van der Waals surface area contributed by atoms with Crippen LogP contribution in [0.2, 0.25) is 0 Å². The molecule has 1 saturated heterocycles. The van der Waals surface area contributed by atoms with Crippen molar-refractivity contribution in [2.45, 2.75) is 54.4 Å². The first-order chi connectivity index (χ1) is 13.7. The van der Waals surface area contributed by atoms with Gasteiger partial charge in [-0.2, -0.15) is 0 Å². The molecule has 0 bridgehead atoms. The van der Waals surface area contributed by atoms with Crippen LogP contribution in [0.5, 0.6) is 0 Å². The minimum absolute atomic E-state index is 1.04. The summed E-state index contributed by atoms with van der Waals surface area (Å²) in [7, 11) is 0. The van der Waals surface area contributed by atoms with Gasteiger partial charge in [0.2, 0.25) is 0 Å². The van der Waals surface area contributed by atoms with Crippen LogP contribution in [0.1, 0.15) is 53.0 Å². The zero-order valence-corrected chi connectivity index (χ0v) is 18.6. The van der Waals surface area contributed by atoms with Crippen molar-refractivity contribution in [3.8, 4) is 11.3 Å². The quantitative estimate of drug-likeness (QED) is 0.440. The second kappa shape index (κ2) is 12.8. The van der Waals surface area contributed by atoms with Crippen molar-refractivity contribution in [3.63, 3.8) is 0 Å². The van der Waals surface area contributed by atoms with E-state index in [1.54, 1.807) is 6.08 Å². The van der Waals surface area contributed by atoms with Crippen molar-refractivity contribution in [1.29, 1.82) is 0 Å². The molecule has 0 radical (unpaired) electrons. The van der Waals surface area contributed by atoms with Crippen molar-refractivity contribution >= 4 is 11.3 Å². The van der Waals surface area contributed by atoms with Gasteiger partial charge in [0.1, 0.15) is 5.65 Å². The molecule has 152 valence electrons. The number of rotatable bonds is 2. The molecule has 1 aliphatic rings. The lowest BCUT2D eigenvalue weighted by Crippen LogP contribution is -2.17. The summed E-state index contributed by atoms with van der Waals surface area (Å²) in [5, 5.41) is 0. The minimum atomic E-state index is 1.04. The molecule has 0 spiro atoms. The molecule has 0 N–H and O–H groups in total. The van der Waals surface area contributed by atoms with Gasteiger partial charge >= 0.3 is 0 Å². The lowest BCUT2D eigenvalue weighted by atomic mass is 10.1. The highest BCUT2D eigenvalue weighted by molar-refractivity contribution is 5.66. The van der Waals surface area contributed by atoms with E-state index in [0.29, 0.717) is 0 Å². The Balaban J connectivity index is 0.000000502. The normalized spacial score (nSPS) is 12.1. The fraction of sp³-hybridized carbons (Fsp3) is 0.400. The van der Waals surface area contributed by atoms with Crippen LogP contribution in [0.15, 0.2) is 61.4 Å². The van der Waals surface area contributed by atoms with Gasteiger partial charge in [0, 0.05) is 36.7 Å². The van der Waals surface area contributed by atoms with Gasteiger partial charge in [0.15, 0.2) is 0 Å². The molecule has 0 saturated carbocycles. The van der Waals surface area contributed by atoms with Gasteiger partial charge in [-0.25, -0.2) is 4.98 Å². The molecule has 1 aromatic carbocycles. The first-order valence-electron chi connectivity index (χ1n) is 10.6. The van der Waals surface area contributed by atoms with E-state index in [4.69, 9.17) is 4.98 Å². The van der Waals surface area contributed by atoms with Crippen molar-refractivity contribution in [3.05, 3.63) is 67.0 Å². The first kappa shape index (κ1) is 23.5. The van der Waals surface area contributed by atoms with Crippen LogP contribution in [0.4, 0.5) is 5.69 Å². The summed E-state index contributed by atoms with van der Waals surface area (Å²) in [6.45, 7) is 17.7. The third-order valence-electron chi connectivity index (χ3n) is 4.31. The van der Waals surface area contributed by atoms with E-state index in [2.05, 4.69) is 71.6 Å². The molecule has 0 unspecified atom stereocenters. The van der Waals surface area contributed by atoms with E-state index in [1.165, 1.54) is 42.7 Å². The Labute approximate surface area is 171 Å². The molecule has 2 aromatic heterocycles. The van der Waals surface area contributed by atoms with Crippen molar-refractivity contribution in [2.75, 3.05) is 18.0 Å². The fourth-order valence-corrected chi connectivity index (χ4v) is 3.11. The molecule has 28 heavy (non-hydrogen) atoms. The van der Waals surface area contributed by atoms with E-state index in [1.807, 2.05) is 34.6 Å². The zero-order chi connectivity index (χ0) is 20.9. The fourth-order valence-electron chi connectivity index (χ4n) is 3.11. The molecule has 3 nitrogen and oxygen atoms in total. The van der Waals surface area contributed by atoms with Crippen molar-refractivity contribution < 1.29 is 0 Å². The Hall–Kier alpha value is -2.55. The third kappa shape index (κ3) is 5.98. The maximum absolute atomic E-state index is 4.76. The smallest absolute Gasteiger partial charge is 0.140 e. The molecule has 0 atom stereocenters. The second-order valence-electron chi connectivity index (χ2n) is 6.20. The molecule has 4 rings (SSSR count). The predicted molar refractivity (Wildman–Crippen MR) is 125 cm³/mol. The van der Waals surface area contributed by atoms with E-state index in [9.17, 15) is 0 Å². The zero-order valence-electron chi connectivity index (χ0n) is 18.6. The summed E-state index contributed by atoms with van der Waals surface area (Å²) in [4.78, 5) is 7.21. The molecule has 3 aromatic rings. The highest BCUT2D eigenvalue weighted by Crippen LogP contribution is 2.25. The summed E-state index contributed by atoms with van der Waals surface area (Å²) in [6, 6.07) is 13.0. The van der Waals surface area contributed by atoms with Crippen LogP contribution in [0, 0.1) is 6.92 Å². The Morgan fingerprint density at radius 3 is 2.07 bits per heavy atom. The van der Waals surface area contributed by atoms with Gasteiger partial charge < -0.3 is 9.30 Å². The molecular formula is C25H37N3. The van der Waals surface area contributed by atoms with Crippen molar-refractivity contribution in [2.24, 2.45) is 0 Å². The van der Waals surface area contributed by atoms with E-state index in [0.717, 1.165) is 11.3 Å². The average molecular weight is 380 g/mol. The number of pyridine rings is 1. The van der Waals surface area contributed by atoms with Gasteiger partial charge in [-0.05, 0) is 50.5 Å². The maximum atomic E-state index is 4.76. The van der Waals surface area contributed by atoms with E-state index >= 15 is 0 Å². The summed E-state index contributed by atoms with van der Waals surface area (Å²) in [5.74, 6) is 0. The lowest BCUT2D eigenvalue weighted by molar-refractivity contribution is 0.949. The number of hydrogen-bond acceptors (Lipinski definition) is 2.